The van der Waals surface area contributed by atoms with Gasteiger partial charge in [0.05, 0.1) is 16.6 Å². The number of aryl methyl sites for hydroxylation is 1. The minimum atomic E-state index is -3.83. The molecule has 2 aliphatic rings. The lowest BCUT2D eigenvalue weighted by Gasteiger charge is -2.27. The summed E-state index contributed by atoms with van der Waals surface area (Å²) in [6, 6.07) is 19.3. The molecule has 0 aliphatic carbocycles. The van der Waals surface area contributed by atoms with Crippen molar-refractivity contribution in [3.63, 3.8) is 0 Å². The molecule has 0 aromatic heterocycles. The summed E-state index contributed by atoms with van der Waals surface area (Å²) < 4.78 is 39.2. The number of nitrogens with zero attached hydrogens (tertiary/aromatic N) is 2. The van der Waals surface area contributed by atoms with Crippen LogP contribution in [0.3, 0.4) is 0 Å². The van der Waals surface area contributed by atoms with Crippen molar-refractivity contribution in [3.8, 4) is 11.5 Å². The van der Waals surface area contributed by atoms with E-state index in [0.29, 0.717) is 42.5 Å². The Bertz CT molecular complexity index is 1350. The number of hydrogen-bond acceptors (Lipinski definition) is 5. The fraction of sp³-hybridized carbons (Fsp3) is 0.296. The smallest absolute Gasteiger partial charge is 0.264 e. The van der Waals surface area contributed by atoms with Crippen LogP contribution in [0, 0.1) is 6.92 Å². The van der Waals surface area contributed by atoms with Gasteiger partial charge in [-0.15, -0.1) is 0 Å². The molecular weight excluding hydrogens is 464 g/mol. The second kappa shape index (κ2) is 9.26. The second-order valence-electron chi connectivity index (χ2n) is 8.90. The largest absolute Gasteiger partial charge is 0.486 e. The first kappa shape index (κ1) is 23.2. The monoisotopic (exact) mass is 492 g/mol. The standard InChI is InChI=1S/C27H28N2O5S/c1-19-8-11-22(12-9-19)28(2)35(31,32)23-6-3-5-21(17-23)27(30)29-14-4-7-24(29)20-10-13-25-26(18-20)34-16-15-33-25/h3,5-6,8-13,17-18,24H,4,7,14-16H2,1-2H3. The van der Waals surface area contributed by atoms with Gasteiger partial charge < -0.3 is 14.4 Å². The van der Waals surface area contributed by atoms with Gasteiger partial charge in [0.15, 0.2) is 11.5 Å². The molecule has 1 fully saturated rings. The van der Waals surface area contributed by atoms with E-state index in [-0.39, 0.29) is 16.8 Å². The normalized spacial score (nSPS) is 17.3. The molecular formula is C27H28N2O5S. The highest BCUT2D eigenvalue weighted by Crippen LogP contribution is 2.38. The molecule has 1 amide bonds. The van der Waals surface area contributed by atoms with Crippen LogP contribution < -0.4 is 13.8 Å². The third-order valence-electron chi connectivity index (χ3n) is 6.60. The van der Waals surface area contributed by atoms with Crippen LogP contribution in [0.2, 0.25) is 0 Å². The molecule has 2 heterocycles. The third-order valence-corrected chi connectivity index (χ3v) is 8.38. The number of carbonyl (C=O) groups is 1. The Morgan fingerprint density at radius 3 is 2.49 bits per heavy atom. The molecule has 2 aliphatic heterocycles. The van der Waals surface area contributed by atoms with Crippen molar-refractivity contribution < 1.29 is 22.7 Å². The van der Waals surface area contributed by atoms with E-state index in [1.165, 1.54) is 23.5 Å². The summed E-state index contributed by atoms with van der Waals surface area (Å²) in [5.41, 5.74) is 2.95. The minimum Gasteiger partial charge on any atom is -0.486 e. The Labute approximate surface area is 205 Å². The SMILES string of the molecule is Cc1ccc(N(C)S(=O)(=O)c2cccc(C(=O)N3CCCC3c3ccc4c(c3)OCCO4)c2)cc1. The van der Waals surface area contributed by atoms with E-state index in [1.54, 1.807) is 24.3 Å². The van der Waals surface area contributed by atoms with E-state index < -0.39 is 10.0 Å². The Balaban J connectivity index is 1.40. The number of rotatable bonds is 5. The van der Waals surface area contributed by atoms with Crippen molar-refractivity contribution in [2.75, 3.05) is 31.1 Å². The van der Waals surface area contributed by atoms with E-state index in [9.17, 15) is 13.2 Å². The van der Waals surface area contributed by atoms with Crippen LogP contribution in [0.15, 0.2) is 71.6 Å². The molecule has 35 heavy (non-hydrogen) atoms. The number of carbonyl (C=O) groups excluding carboxylic acids is 1. The Morgan fingerprint density at radius 2 is 1.71 bits per heavy atom. The third kappa shape index (κ3) is 4.46. The molecule has 0 spiro atoms. The summed E-state index contributed by atoms with van der Waals surface area (Å²) in [7, 11) is -2.31. The first-order valence-corrected chi connectivity index (χ1v) is 13.1. The Morgan fingerprint density at radius 1 is 0.971 bits per heavy atom. The van der Waals surface area contributed by atoms with E-state index in [0.717, 1.165) is 24.0 Å². The van der Waals surface area contributed by atoms with Gasteiger partial charge in [-0.05, 0) is 67.8 Å². The van der Waals surface area contributed by atoms with Gasteiger partial charge in [0.2, 0.25) is 0 Å². The van der Waals surface area contributed by atoms with E-state index in [4.69, 9.17) is 9.47 Å². The molecule has 0 N–H and O–H groups in total. The second-order valence-corrected chi connectivity index (χ2v) is 10.9. The zero-order valence-corrected chi connectivity index (χ0v) is 20.6. The lowest BCUT2D eigenvalue weighted by atomic mass is 10.0. The molecule has 182 valence electrons. The molecule has 0 radical (unpaired) electrons. The number of sulfonamides is 1. The summed E-state index contributed by atoms with van der Waals surface area (Å²) in [4.78, 5) is 15.4. The Hall–Kier alpha value is -3.52. The highest BCUT2D eigenvalue weighted by atomic mass is 32.2. The predicted octanol–water partition coefficient (Wildman–Crippen LogP) is 4.57. The van der Waals surface area contributed by atoms with E-state index in [2.05, 4.69) is 0 Å². The van der Waals surface area contributed by atoms with Crippen LogP contribution >= 0.6 is 0 Å². The van der Waals surface area contributed by atoms with Gasteiger partial charge in [-0.2, -0.15) is 0 Å². The summed E-state index contributed by atoms with van der Waals surface area (Å²) in [5, 5.41) is 0. The van der Waals surface area contributed by atoms with E-state index in [1.807, 2.05) is 42.2 Å². The maximum absolute atomic E-state index is 13.5. The number of likely N-dealkylation sites (tertiary alicyclic amines) is 1. The first-order valence-electron chi connectivity index (χ1n) is 11.7. The van der Waals surface area contributed by atoms with Crippen molar-refractivity contribution in [1.82, 2.24) is 4.90 Å². The van der Waals surface area contributed by atoms with Crippen LogP contribution in [-0.2, 0) is 10.0 Å². The molecule has 3 aromatic carbocycles. The highest BCUT2D eigenvalue weighted by molar-refractivity contribution is 7.92. The van der Waals surface area contributed by atoms with Crippen LogP contribution in [0.25, 0.3) is 0 Å². The topological polar surface area (TPSA) is 76.2 Å². The van der Waals surface area contributed by atoms with Crippen molar-refractivity contribution in [1.29, 1.82) is 0 Å². The predicted molar refractivity (Wildman–Crippen MR) is 134 cm³/mol. The fourth-order valence-corrected chi connectivity index (χ4v) is 5.87. The molecule has 1 unspecified atom stereocenters. The van der Waals surface area contributed by atoms with E-state index >= 15 is 0 Å². The lowest BCUT2D eigenvalue weighted by molar-refractivity contribution is 0.0735. The van der Waals surface area contributed by atoms with Crippen LogP contribution in [0.1, 0.15) is 40.4 Å². The summed E-state index contributed by atoms with van der Waals surface area (Å²) >= 11 is 0. The number of hydrogen-bond donors (Lipinski definition) is 0. The molecule has 8 heteroatoms. The zero-order chi connectivity index (χ0) is 24.6. The number of amides is 1. The Kier molecular flexibility index (Phi) is 6.15. The number of anilines is 1. The summed E-state index contributed by atoms with van der Waals surface area (Å²) in [6.07, 6.45) is 1.71. The van der Waals surface area contributed by atoms with Crippen LogP contribution in [-0.4, -0.2) is 46.0 Å². The quantitative estimate of drug-likeness (QED) is 0.522. The molecule has 0 saturated carbocycles. The highest BCUT2D eigenvalue weighted by Gasteiger charge is 2.32. The molecule has 0 bridgehead atoms. The van der Waals surface area contributed by atoms with Crippen molar-refractivity contribution >= 4 is 21.6 Å². The number of fused-ring (bicyclic) bond motifs is 1. The van der Waals surface area contributed by atoms with Crippen molar-refractivity contribution in [3.05, 3.63) is 83.4 Å². The summed E-state index contributed by atoms with van der Waals surface area (Å²) in [6.45, 7) is 3.59. The van der Waals surface area contributed by atoms with Gasteiger partial charge in [0.25, 0.3) is 15.9 Å². The van der Waals surface area contributed by atoms with Gasteiger partial charge in [-0.25, -0.2) is 8.42 Å². The van der Waals surface area contributed by atoms with Crippen LogP contribution in [0.4, 0.5) is 5.69 Å². The number of ether oxygens (including phenoxy) is 2. The molecule has 1 atom stereocenters. The minimum absolute atomic E-state index is 0.0847. The molecule has 7 nitrogen and oxygen atoms in total. The van der Waals surface area contributed by atoms with Gasteiger partial charge in [0.1, 0.15) is 13.2 Å². The fourth-order valence-electron chi connectivity index (χ4n) is 4.63. The average molecular weight is 493 g/mol. The zero-order valence-electron chi connectivity index (χ0n) is 19.8. The maximum atomic E-state index is 13.5. The van der Waals surface area contributed by atoms with Gasteiger partial charge >= 0.3 is 0 Å². The van der Waals surface area contributed by atoms with Crippen molar-refractivity contribution in [2.24, 2.45) is 0 Å². The molecule has 1 saturated heterocycles. The molecule has 3 aromatic rings. The van der Waals surface area contributed by atoms with Gasteiger partial charge in [-0.1, -0.05) is 29.8 Å². The average Bonchev–Trinajstić information content (AvgIpc) is 3.38. The van der Waals surface area contributed by atoms with Crippen LogP contribution in [0.5, 0.6) is 11.5 Å². The lowest BCUT2D eigenvalue weighted by Crippen LogP contribution is -2.31. The summed E-state index contributed by atoms with van der Waals surface area (Å²) in [5.74, 6) is 1.23. The number of benzene rings is 3. The maximum Gasteiger partial charge on any atom is 0.264 e. The van der Waals surface area contributed by atoms with Crippen molar-refractivity contribution in [2.45, 2.75) is 30.7 Å². The van der Waals surface area contributed by atoms with Gasteiger partial charge in [-0.3, -0.25) is 9.10 Å². The molecule has 5 rings (SSSR count). The first-order chi connectivity index (χ1) is 16.8. The van der Waals surface area contributed by atoms with Gasteiger partial charge in [0, 0.05) is 19.2 Å².